The Bertz CT molecular complexity index is 346. The quantitative estimate of drug-likeness (QED) is 0.775. The molecule has 3 heteroatoms. The highest BCUT2D eigenvalue weighted by Gasteiger charge is 2.11. The first-order valence-electron chi connectivity index (χ1n) is 7.24. The van der Waals surface area contributed by atoms with Crippen molar-refractivity contribution in [3.8, 4) is 0 Å². The molecule has 0 aliphatic rings. The minimum Gasteiger partial charge on any atom is -0.312 e. The van der Waals surface area contributed by atoms with E-state index in [4.69, 9.17) is 0 Å². The Hall–Kier alpha value is -0.930. The Morgan fingerprint density at radius 2 is 1.74 bits per heavy atom. The second-order valence-electron chi connectivity index (χ2n) is 5.31. The molecule has 0 amide bonds. The molecule has 108 valence electrons. The Morgan fingerprint density at radius 3 is 2.26 bits per heavy atom. The van der Waals surface area contributed by atoms with Crippen molar-refractivity contribution in [1.82, 2.24) is 10.2 Å². The number of hydrogen-bond donors (Lipinski definition) is 1. The van der Waals surface area contributed by atoms with Crippen LogP contribution < -0.4 is 5.32 Å². The molecule has 1 unspecified atom stereocenters. The summed E-state index contributed by atoms with van der Waals surface area (Å²) in [5.74, 6) is -0.171. The number of nitrogens with zero attached hydrogens (tertiary/aromatic N) is 1. The number of nitrogens with one attached hydrogen (secondary N) is 1. The second-order valence-corrected chi connectivity index (χ2v) is 5.31. The average molecular weight is 266 g/mol. The van der Waals surface area contributed by atoms with E-state index in [0.29, 0.717) is 12.1 Å². The maximum atomic E-state index is 12.8. The third-order valence-electron chi connectivity index (χ3n) is 3.79. The van der Waals surface area contributed by atoms with Crippen molar-refractivity contribution >= 4 is 0 Å². The summed E-state index contributed by atoms with van der Waals surface area (Å²) in [4.78, 5) is 2.29. The topological polar surface area (TPSA) is 15.3 Å². The van der Waals surface area contributed by atoms with Crippen LogP contribution in [-0.4, -0.2) is 30.6 Å². The van der Waals surface area contributed by atoms with Gasteiger partial charge in [-0.25, -0.2) is 4.39 Å². The van der Waals surface area contributed by atoms with Crippen molar-refractivity contribution in [2.75, 3.05) is 13.6 Å². The molecule has 2 nitrogen and oxygen atoms in total. The maximum Gasteiger partial charge on any atom is 0.123 e. The summed E-state index contributed by atoms with van der Waals surface area (Å²) in [5, 5.41) is 3.59. The highest BCUT2D eigenvalue weighted by Crippen LogP contribution is 2.08. The molecule has 1 aromatic carbocycles. The molecule has 0 aliphatic heterocycles. The molecule has 0 aromatic heterocycles. The molecule has 0 bridgehead atoms. The first-order chi connectivity index (χ1) is 9.06. The van der Waals surface area contributed by atoms with E-state index in [-0.39, 0.29) is 5.82 Å². The highest BCUT2D eigenvalue weighted by molar-refractivity contribution is 5.15. The lowest BCUT2D eigenvalue weighted by molar-refractivity contribution is 0.235. The zero-order chi connectivity index (χ0) is 14.3. The first-order valence-corrected chi connectivity index (χ1v) is 7.24. The van der Waals surface area contributed by atoms with Crippen LogP contribution in [0.4, 0.5) is 4.39 Å². The molecular weight excluding hydrogens is 239 g/mol. The van der Waals surface area contributed by atoms with Crippen molar-refractivity contribution < 1.29 is 4.39 Å². The van der Waals surface area contributed by atoms with Gasteiger partial charge in [0.25, 0.3) is 0 Å². The monoisotopic (exact) mass is 266 g/mol. The fourth-order valence-corrected chi connectivity index (χ4v) is 2.10. The minimum absolute atomic E-state index is 0.171. The molecule has 1 N–H and O–H groups in total. The third kappa shape index (κ3) is 5.70. The van der Waals surface area contributed by atoms with E-state index in [2.05, 4.69) is 38.0 Å². The predicted octanol–water partition coefficient (Wildman–Crippen LogP) is 3.42. The van der Waals surface area contributed by atoms with E-state index in [0.717, 1.165) is 18.7 Å². The zero-order valence-corrected chi connectivity index (χ0v) is 12.6. The largest absolute Gasteiger partial charge is 0.312 e. The summed E-state index contributed by atoms with van der Waals surface area (Å²) < 4.78 is 12.8. The van der Waals surface area contributed by atoms with Gasteiger partial charge in [-0.05, 0) is 44.5 Å². The van der Waals surface area contributed by atoms with Crippen LogP contribution in [0.15, 0.2) is 24.3 Å². The van der Waals surface area contributed by atoms with Gasteiger partial charge in [0.05, 0.1) is 0 Å². The normalized spacial score (nSPS) is 13.2. The van der Waals surface area contributed by atoms with E-state index >= 15 is 0 Å². The van der Waals surface area contributed by atoms with E-state index in [1.54, 1.807) is 0 Å². The number of benzene rings is 1. The SMILES string of the molecule is CCC(CC)NCC(C)N(C)Cc1ccc(F)cc1. The van der Waals surface area contributed by atoms with Crippen LogP contribution in [-0.2, 0) is 6.54 Å². The predicted molar refractivity (Wildman–Crippen MR) is 79.7 cm³/mol. The summed E-state index contributed by atoms with van der Waals surface area (Å²) in [5.41, 5.74) is 1.15. The van der Waals surface area contributed by atoms with Gasteiger partial charge >= 0.3 is 0 Å². The summed E-state index contributed by atoms with van der Waals surface area (Å²) in [6.45, 7) is 8.50. The van der Waals surface area contributed by atoms with Gasteiger partial charge in [0.15, 0.2) is 0 Å². The Kier molecular flexibility index (Phi) is 7.03. The fraction of sp³-hybridized carbons (Fsp3) is 0.625. The molecule has 19 heavy (non-hydrogen) atoms. The van der Waals surface area contributed by atoms with Gasteiger partial charge in [-0.1, -0.05) is 26.0 Å². The third-order valence-corrected chi connectivity index (χ3v) is 3.79. The number of halogens is 1. The maximum absolute atomic E-state index is 12.8. The second kappa shape index (κ2) is 8.28. The standard InChI is InChI=1S/C16H27FN2/c1-5-16(6-2)18-11-13(3)19(4)12-14-7-9-15(17)10-8-14/h7-10,13,16,18H,5-6,11-12H2,1-4H3. The van der Waals surface area contributed by atoms with Crippen molar-refractivity contribution in [3.05, 3.63) is 35.6 Å². The van der Waals surface area contributed by atoms with E-state index in [9.17, 15) is 4.39 Å². The van der Waals surface area contributed by atoms with Crippen LogP contribution in [0.5, 0.6) is 0 Å². The molecule has 0 saturated carbocycles. The van der Waals surface area contributed by atoms with Crippen molar-refractivity contribution in [2.45, 2.75) is 52.2 Å². The number of likely N-dealkylation sites (N-methyl/N-ethyl adjacent to an activating group) is 1. The molecule has 0 heterocycles. The highest BCUT2D eigenvalue weighted by atomic mass is 19.1. The van der Waals surface area contributed by atoms with E-state index in [1.807, 2.05) is 12.1 Å². The van der Waals surface area contributed by atoms with Crippen molar-refractivity contribution in [3.63, 3.8) is 0 Å². The van der Waals surface area contributed by atoms with E-state index < -0.39 is 0 Å². The summed E-state index contributed by atoms with van der Waals surface area (Å²) in [6, 6.07) is 7.83. The molecule has 1 atom stereocenters. The van der Waals surface area contributed by atoms with Crippen LogP contribution in [0.3, 0.4) is 0 Å². The van der Waals surface area contributed by atoms with Crippen molar-refractivity contribution in [2.24, 2.45) is 0 Å². The van der Waals surface area contributed by atoms with Crippen LogP contribution in [0.2, 0.25) is 0 Å². The number of hydrogen-bond acceptors (Lipinski definition) is 2. The minimum atomic E-state index is -0.171. The van der Waals surface area contributed by atoms with Gasteiger partial charge in [-0.3, -0.25) is 4.90 Å². The molecule has 0 radical (unpaired) electrons. The Balaban J connectivity index is 2.39. The van der Waals surface area contributed by atoms with Gasteiger partial charge in [0, 0.05) is 25.2 Å². The Labute approximate surface area is 117 Å². The molecular formula is C16H27FN2. The Morgan fingerprint density at radius 1 is 1.16 bits per heavy atom. The van der Waals surface area contributed by atoms with Gasteiger partial charge in [-0.2, -0.15) is 0 Å². The van der Waals surface area contributed by atoms with Gasteiger partial charge in [0.2, 0.25) is 0 Å². The molecule has 1 rings (SSSR count). The van der Waals surface area contributed by atoms with Crippen molar-refractivity contribution in [1.29, 1.82) is 0 Å². The van der Waals surface area contributed by atoms with Crippen LogP contribution in [0, 0.1) is 5.82 Å². The lowest BCUT2D eigenvalue weighted by Gasteiger charge is -2.27. The fourth-order valence-electron chi connectivity index (χ4n) is 2.10. The molecule has 0 aliphatic carbocycles. The van der Waals surface area contributed by atoms with Crippen LogP contribution >= 0.6 is 0 Å². The van der Waals surface area contributed by atoms with Crippen LogP contribution in [0.25, 0.3) is 0 Å². The van der Waals surface area contributed by atoms with Crippen LogP contribution in [0.1, 0.15) is 39.2 Å². The van der Waals surface area contributed by atoms with Gasteiger partial charge in [0.1, 0.15) is 5.82 Å². The first kappa shape index (κ1) is 16.1. The lowest BCUT2D eigenvalue weighted by atomic mass is 10.1. The lowest BCUT2D eigenvalue weighted by Crippen LogP contribution is -2.41. The van der Waals surface area contributed by atoms with E-state index in [1.165, 1.54) is 25.0 Å². The molecule has 0 spiro atoms. The number of rotatable bonds is 8. The molecule has 0 fully saturated rings. The summed E-state index contributed by atoms with van der Waals surface area (Å²) >= 11 is 0. The van der Waals surface area contributed by atoms with Gasteiger partial charge < -0.3 is 5.32 Å². The summed E-state index contributed by atoms with van der Waals surface area (Å²) in [7, 11) is 2.11. The molecule has 1 aromatic rings. The molecule has 0 saturated heterocycles. The van der Waals surface area contributed by atoms with Gasteiger partial charge in [-0.15, -0.1) is 0 Å². The zero-order valence-electron chi connectivity index (χ0n) is 12.6. The summed E-state index contributed by atoms with van der Waals surface area (Å²) in [6.07, 6.45) is 2.34. The average Bonchev–Trinajstić information content (AvgIpc) is 2.42. The smallest absolute Gasteiger partial charge is 0.123 e.